The van der Waals surface area contributed by atoms with Crippen LogP contribution in [0.2, 0.25) is 0 Å². The molecule has 2 aliphatic rings. The molecule has 31 heavy (non-hydrogen) atoms. The van der Waals surface area contributed by atoms with E-state index in [4.69, 9.17) is 18.7 Å². The van der Waals surface area contributed by atoms with E-state index < -0.39 is 26.8 Å². The number of rotatable bonds is 4. The molecule has 3 aromatic rings. The van der Waals surface area contributed by atoms with Crippen LogP contribution in [0.3, 0.4) is 0 Å². The van der Waals surface area contributed by atoms with Crippen LogP contribution in [0.25, 0.3) is 0 Å². The van der Waals surface area contributed by atoms with Crippen LogP contribution in [0, 0.1) is 0 Å². The van der Waals surface area contributed by atoms with Crippen molar-refractivity contribution in [2.24, 2.45) is 0 Å². The van der Waals surface area contributed by atoms with Crippen molar-refractivity contribution in [2.75, 3.05) is 7.11 Å². The zero-order valence-corrected chi connectivity index (χ0v) is 17.1. The molecule has 0 bridgehead atoms. The Labute approximate surface area is 178 Å². The summed E-state index contributed by atoms with van der Waals surface area (Å²) < 4.78 is 22.6. The van der Waals surface area contributed by atoms with Crippen molar-refractivity contribution in [3.63, 3.8) is 0 Å². The number of aliphatic hydroxyl groups excluding tert-OH is 1. The summed E-state index contributed by atoms with van der Waals surface area (Å²) in [5, 5.41) is 10.1. The summed E-state index contributed by atoms with van der Waals surface area (Å²) in [7, 11) is -1.19. The molecule has 0 saturated heterocycles. The Balaban J connectivity index is 1.84. The molecule has 0 aromatic heterocycles. The molecule has 158 valence electrons. The van der Waals surface area contributed by atoms with Crippen LogP contribution in [0.1, 0.15) is 32.6 Å². The second kappa shape index (κ2) is 7.21. The lowest BCUT2D eigenvalue weighted by molar-refractivity contribution is 0.0223. The molecular formula is C22H17O8P. The Morgan fingerprint density at radius 2 is 1.81 bits per heavy atom. The van der Waals surface area contributed by atoms with Gasteiger partial charge in [0.2, 0.25) is 0 Å². The molecule has 5 rings (SSSR count). The molecular weight excluding hydrogens is 423 g/mol. The van der Waals surface area contributed by atoms with E-state index in [1.807, 2.05) is 12.1 Å². The lowest BCUT2D eigenvalue weighted by Crippen LogP contribution is -2.33. The minimum absolute atomic E-state index is 0.0523. The minimum atomic E-state index is -2.71. The van der Waals surface area contributed by atoms with Crippen LogP contribution in [0.15, 0.2) is 54.6 Å². The first-order valence-corrected chi connectivity index (χ1v) is 10.5. The standard InChI is InChI=1S/C22H17O8P/c1-27-12-6-7-16-19(10-12)28-20-14(11-23)18(30-31(25)26)9-8-17(20)22(16)15-5-3-2-4-13(15)21(24)29-22/h2-10,23,25-26H,11H2,1H3. The van der Waals surface area contributed by atoms with E-state index in [0.717, 1.165) is 0 Å². The van der Waals surface area contributed by atoms with Crippen molar-refractivity contribution in [1.29, 1.82) is 0 Å². The van der Waals surface area contributed by atoms with Crippen LogP contribution in [0.4, 0.5) is 0 Å². The number of benzene rings is 3. The van der Waals surface area contributed by atoms with Crippen LogP contribution in [-0.2, 0) is 16.9 Å². The van der Waals surface area contributed by atoms with Gasteiger partial charge >= 0.3 is 14.6 Å². The predicted molar refractivity (Wildman–Crippen MR) is 109 cm³/mol. The lowest BCUT2D eigenvalue weighted by Gasteiger charge is -2.37. The Morgan fingerprint density at radius 1 is 1.03 bits per heavy atom. The number of aliphatic hydroxyl groups is 1. The first-order valence-electron chi connectivity index (χ1n) is 9.32. The maximum absolute atomic E-state index is 12.8. The Kier molecular flexibility index (Phi) is 4.60. The summed E-state index contributed by atoms with van der Waals surface area (Å²) in [6, 6.07) is 15.4. The number of ether oxygens (including phenoxy) is 3. The van der Waals surface area contributed by atoms with Gasteiger partial charge in [0.1, 0.15) is 23.0 Å². The van der Waals surface area contributed by atoms with E-state index in [9.17, 15) is 19.7 Å². The van der Waals surface area contributed by atoms with Crippen molar-refractivity contribution in [3.05, 3.63) is 82.4 Å². The highest BCUT2D eigenvalue weighted by atomic mass is 31.2. The third-order valence-electron chi connectivity index (χ3n) is 5.49. The lowest BCUT2D eigenvalue weighted by atomic mass is 9.77. The average molecular weight is 440 g/mol. The number of methoxy groups -OCH3 is 1. The smallest absolute Gasteiger partial charge is 0.391 e. The van der Waals surface area contributed by atoms with Gasteiger partial charge in [-0.15, -0.1) is 0 Å². The van der Waals surface area contributed by atoms with E-state index in [1.54, 1.807) is 36.4 Å². The van der Waals surface area contributed by atoms with E-state index >= 15 is 0 Å². The molecule has 0 amide bonds. The Hall–Kier alpha value is -3.16. The Bertz CT molecular complexity index is 1210. The van der Waals surface area contributed by atoms with Gasteiger partial charge in [0.15, 0.2) is 5.60 Å². The maximum atomic E-state index is 12.8. The Morgan fingerprint density at radius 3 is 2.55 bits per heavy atom. The molecule has 0 saturated carbocycles. The number of fused-ring (bicyclic) bond motifs is 6. The largest absolute Gasteiger partial charge is 0.497 e. The zero-order valence-electron chi connectivity index (χ0n) is 16.2. The number of carbonyl (C=O) groups excluding carboxylic acids is 1. The molecule has 0 radical (unpaired) electrons. The van der Waals surface area contributed by atoms with Gasteiger partial charge in [-0.3, -0.25) is 0 Å². The maximum Gasteiger partial charge on any atom is 0.391 e. The number of hydrogen-bond donors (Lipinski definition) is 3. The molecule has 2 aliphatic heterocycles. The molecule has 8 nitrogen and oxygen atoms in total. The monoisotopic (exact) mass is 440 g/mol. The molecule has 2 heterocycles. The quantitative estimate of drug-likeness (QED) is 0.418. The number of esters is 1. The molecule has 0 fully saturated rings. The minimum Gasteiger partial charge on any atom is -0.497 e. The van der Waals surface area contributed by atoms with E-state index in [-0.39, 0.29) is 17.1 Å². The normalized spacial score (nSPS) is 18.2. The molecule has 9 heteroatoms. The average Bonchev–Trinajstić information content (AvgIpc) is 3.06. The fraction of sp³-hybridized carbons (Fsp3) is 0.136. The zero-order chi connectivity index (χ0) is 21.8. The van der Waals surface area contributed by atoms with Gasteiger partial charge in [-0.2, -0.15) is 0 Å². The SMILES string of the molecule is COc1ccc2c(c1)Oc1c(ccc(OP(O)O)c1CO)C21OC(=O)c2ccccc21. The summed E-state index contributed by atoms with van der Waals surface area (Å²) in [5.74, 6) is 0.685. The van der Waals surface area contributed by atoms with Gasteiger partial charge in [-0.1, -0.05) is 18.2 Å². The van der Waals surface area contributed by atoms with Gasteiger partial charge < -0.3 is 33.6 Å². The number of carbonyl (C=O) groups is 1. The van der Waals surface area contributed by atoms with E-state index in [2.05, 4.69) is 0 Å². The van der Waals surface area contributed by atoms with Gasteiger partial charge in [0.05, 0.1) is 24.8 Å². The second-order valence-electron chi connectivity index (χ2n) is 7.00. The van der Waals surface area contributed by atoms with Gasteiger partial charge in [-0.05, 0) is 30.3 Å². The fourth-order valence-electron chi connectivity index (χ4n) is 4.20. The van der Waals surface area contributed by atoms with Crippen molar-refractivity contribution in [3.8, 4) is 23.0 Å². The van der Waals surface area contributed by atoms with E-state index in [0.29, 0.717) is 33.8 Å². The summed E-state index contributed by atoms with van der Waals surface area (Å²) >= 11 is 0. The molecule has 1 spiro atoms. The number of hydrogen-bond acceptors (Lipinski definition) is 8. The van der Waals surface area contributed by atoms with E-state index in [1.165, 1.54) is 13.2 Å². The first kappa shape index (κ1) is 19.8. The van der Waals surface area contributed by atoms with Crippen LogP contribution < -0.4 is 14.0 Å². The highest BCUT2D eigenvalue weighted by Gasteiger charge is 2.54. The van der Waals surface area contributed by atoms with Crippen LogP contribution >= 0.6 is 8.60 Å². The van der Waals surface area contributed by atoms with Crippen molar-refractivity contribution in [1.82, 2.24) is 0 Å². The van der Waals surface area contributed by atoms with Gasteiger partial charge in [0.25, 0.3) is 0 Å². The highest BCUT2D eigenvalue weighted by molar-refractivity contribution is 7.39. The highest BCUT2D eigenvalue weighted by Crippen LogP contribution is 2.58. The third-order valence-corrected chi connectivity index (χ3v) is 5.85. The van der Waals surface area contributed by atoms with Gasteiger partial charge in [-0.25, -0.2) is 4.79 Å². The molecule has 3 aromatic carbocycles. The van der Waals surface area contributed by atoms with Crippen molar-refractivity contribution in [2.45, 2.75) is 12.2 Å². The van der Waals surface area contributed by atoms with Crippen molar-refractivity contribution < 1.29 is 38.4 Å². The summed E-state index contributed by atoms with van der Waals surface area (Å²) in [5.41, 5.74) is 1.04. The van der Waals surface area contributed by atoms with Crippen LogP contribution in [0.5, 0.6) is 23.0 Å². The first-order chi connectivity index (χ1) is 15.0. The van der Waals surface area contributed by atoms with Crippen LogP contribution in [-0.4, -0.2) is 28.0 Å². The summed E-state index contributed by atoms with van der Waals surface area (Å²) in [4.78, 5) is 31.5. The topological polar surface area (TPSA) is 115 Å². The molecule has 3 N–H and O–H groups in total. The molecule has 1 unspecified atom stereocenters. The summed E-state index contributed by atoms with van der Waals surface area (Å²) in [6.07, 6.45) is 0. The van der Waals surface area contributed by atoms with Crippen molar-refractivity contribution >= 4 is 14.6 Å². The molecule has 0 aliphatic carbocycles. The van der Waals surface area contributed by atoms with Gasteiger partial charge in [0, 0.05) is 22.8 Å². The predicted octanol–water partition coefficient (Wildman–Crippen LogP) is 3.35. The summed E-state index contributed by atoms with van der Waals surface area (Å²) in [6.45, 7) is -0.507. The molecule has 1 atom stereocenters. The third kappa shape index (κ3) is 2.80. The second-order valence-corrected chi connectivity index (χ2v) is 7.69. The fourth-order valence-corrected chi connectivity index (χ4v) is 4.55.